The van der Waals surface area contributed by atoms with Crippen molar-refractivity contribution in [2.45, 2.75) is 6.42 Å². The van der Waals surface area contributed by atoms with Gasteiger partial charge < -0.3 is 0 Å². The van der Waals surface area contributed by atoms with Crippen LogP contribution >= 0.6 is 0 Å². The van der Waals surface area contributed by atoms with E-state index < -0.39 is 0 Å². The molecule has 1 aliphatic rings. The van der Waals surface area contributed by atoms with Crippen molar-refractivity contribution in [1.82, 2.24) is 4.98 Å². The average Bonchev–Trinajstić information content (AvgIpc) is 3.04. The van der Waals surface area contributed by atoms with Gasteiger partial charge in [0, 0.05) is 5.39 Å². The zero-order valence-electron chi connectivity index (χ0n) is 13.8. The first-order valence-corrected chi connectivity index (χ1v) is 8.62. The van der Waals surface area contributed by atoms with Gasteiger partial charge in [-0.2, -0.15) is 0 Å². The molecule has 3 aromatic carbocycles. The minimum atomic E-state index is 0.988. The van der Waals surface area contributed by atoms with E-state index in [-0.39, 0.29) is 0 Å². The fraction of sp³-hybridized carbons (Fsp3) is 0.0417. The van der Waals surface area contributed by atoms with E-state index in [1.165, 1.54) is 33.2 Å². The first-order valence-electron chi connectivity index (χ1n) is 8.62. The van der Waals surface area contributed by atoms with E-state index in [0.29, 0.717) is 0 Å². The Balaban J connectivity index is 1.46. The number of rotatable bonds is 2. The minimum Gasteiger partial charge on any atom is -0.248 e. The quantitative estimate of drug-likeness (QED) is 0.390. The van der Waals surface area contributed by atoms with Gasteiger partial charge in [-0.05, 0) is 52.4 Å². The maximum atomic E-state index is 4.71. The molecule has 1 aromatic heterocycles. The zero-order chi connectivity index (χ0) is 16.6. The lowest BCUT2D eigenvalue weighted by molar-refractivity contribution is 1.26. The van der Waals surface area contributed by atoms with E-state index in [9.17, 15) is 0 Å². The summed E-state index contributed by atoms with van der Waals surface area (Å²) in [6.07, 6.45) is 5.28. The summed E-state index contributed by atoms with van der Waals surface area (Å²) in [5.41, 5.74) is 8.84. The standard InChI is InChI=1S/C24H17N/c1-3-7-22-19(6-1)16-20-15-17(10-14-23(20)22)9-12-21-13-11-18-5-2-4-8-24(18)25-21/h1-15H,16H2. The molecule has 0 fully saturated rings. The summed E-state index contributed by atoms with van der Waals surface area (Å²) in [5.74, 6) is 0. The monoisotopic (exact) mass is 319 g/mol. The van der Waals surface area contributed by atoms with Gasteiger partial charge in [0.25, 0.3) is 0 Å². The van der Waals surface area contributed by atoms with E-state index in [4.69, 9.17) is 4.98 Å². The van der Waals surface area contributed by atoms with Gasteiger partial charge in [-0.3, -0.25) is 0 Å². The highest BCUT2D eigenvalue weighted by atomic mass is 14.7. The largest absolute Gasteiger partial charge is 0.248 e. The molecule has 0 radical (unpaired) electrons. The summed E-state index contributed by atoms with van der Waals surface area (Å²) in [4.78, 5) is 4.71. The molecular formula is C24H17N. The first-order chi connectivity index (χ1) is 12.4. The van der Waals surface area contributed by atoms with Crippen LogP contribution < -0.4 is 0 Å². The van der Waals surface area contributed by atoms with E-state index in [0.717, 1.165) is 17.6 Å². The molecule has 0 atom stereocenters. The molecule has 0 spiro atoms. The second-order valence-electron chi connectivity index (χ2n) is 6.51. The predicted octanol–water partition coefficient (Wildman–Crippen LogP) is 5.98. The molecule has 0 unspecified atom stereocenters. The van der Waals surface area contributed by atoms with Gasteiger partial charge in [-0.1, -0.05) is 72.8 Å². The van der Waals surface area contributed by atoms with E-state index >= 15 is 0 Å². The van der Waals surface area contributed by atoms with E-state index in [2.05, 4.69) is 78.9 Å². The second-order valence-corrected chi connectivity index (χ2v) is 6.51. The summed E-state index contributed by atoms with van der Waals surface area (Å²) in [7, 11) is 0. The fourth-order valence-electron chi connectivity index (χ4n) is 3.62. The number of pyridine rings is 1. The van der Waals surface area contributed by atoms with Crippen LogP contribution in [0.2, 0.25) is 0 Å². The van der Waals surface area contributed by atoms with Crippen LogP contribution in [0.15, 0.2) is 78.9 Å². The zero-order valence-corrected chi connectivity index (χ0v) is 13.8. The van der Waals surface area contributed by atoms with Crippen molar-refractivity contribution in [1.29, 1.82) is 0 Å². The molecule has 0 saturated heterocycles. The Morgan fingerprint density at radius 3 is 2.52 bits per heavy atom. The SMILES string of the molecule is C(=Cc1ccc2ccccc2n1)c1ccc2c(c1)Cc1ccccc1-2. The van der Waals surface area contributed by atoms with Gasteiger partial charge in [0.15, 0.2) is 0 Å². The van der Waals surface area contributed by atoms with Gasteiger partial charge in [-0.25, -0.2) is 4.98 Å². The minimum absolute atomic E-state index is 0.988. The molecule has 1 aliphatic carbocycles. The van der Waals surface area contributed by atoms with Gasteiger partial charge in [-0.15, -0.1) is 0 Å². The molecule has 0 saturated carbocycles. The van der Waals surface area contributed by atoms with E-state index in [1.54, 1.807) is 0 Å². The molecule has 0 amide bonds. The summed E-state index contributed by atoms with van der Waals surface area (Å²) >= 11 is 0. The van der Waals surface area contributed by atoms with Crippen LogP contribution in [0.3, 0.4) is 0 Å². The van der Waals surface area contributed by atoms with Crippen molar-refractivity contribution in [2.24, 2.45) is 0 Å². The van der Waals surface area contributed by atoms with Crippen molar-refractivity contribution in [3.05, 3.63) is 101 Å². The van der Waals surface area contributed by atoms with Gasteiger partial charge in [0.05, 0.1) is 11.2 Å². The highest BCUT2D eigenvalue weighted by molar-refractivity contribution is 5.82. The number of hydrogen-bond donors (Lipinski definition) is 0. The lowest BCUT2D eigenvalue weighted by Crippen LogP contribution is -1.84. The Bertz CT molecular complexity index is 1120. The predicted molar refractivity (Wildman–Crippen MR) is 105 cm³/mol. The summed E-state index contributed by atoms with van der Waals surface area (Å²) in [6.45, 7) is 0. The number of aromatic nitrogens is 1. The number of fused-ring (bicyclic) bond motifs is 4. The molecule has 0 aliphatic heterocycles. The van der Waals surface area contributed by atoms with Crippen LogP contribution in [-0.2, 0) is 6.42 Å². The summed E-state index contributed by atoms with van der Waals surface area (Å²) in [6, 6.07) is 27.8. The van der Waals surface area contributed by atoms with Crippen LogP contribution in [0.5, 0.6) is 0 Å². The van der Waals surface area contributed by atoms with Crippen molar-refractivity contribution in [2.75, 3.05) is 0 Å². The van der Waals surface area contributed by atoms with Crippen molar-refractivity contribution < 1.29 is 0 Å². The van der Waals surface area contributed by atoms with Crippen LogP contribution in [-0.4, -0.2) is 4.98 Å². The Kier molecular flexibility index (Phi) is 3.24. The van der Waals surface area contributed by atoms with Crippen molar-refractivity contribution >= 4 is 23.1 Å². The Hall–Kier alpha value is -3.19. The molecule has 5 rings (SSSR count). The lowest BCUT2D eigenvalue weighted by Gasteiger charge is -2.02. The Morgan fingerprint density at radius 2 is 1.52 bits per heavy atom. The smallest absolute Gasteiger partial charge is 0.0709 e. The first kappa shape index (κ1) is 14.2. The van der Waals surface area contributed by atoms with Gasteiger partial charge in [0.1, 0.15) is 0 Å². The van der Waals surface area contributed by atoms with Crippen molar-refractivity contribution in [3.8, 4) is 11.1 Å². The topological polar surface area (TPSA) is 12.9 Å². The number of benzene rings is 3. The molecule has 0 bridgehead atoms. The van der Waals surface area contributed by atoms with Crippen LogP contribution in [0, 0.1) is 0 Å². The Morgan fingerprint density at radius 1 is 0.680 bits per heavy atom. The molecule has 25 heavy (non-hydrogen) atoms. The average molecular weight is 319 g/mol. The highest BCUT2D eigenvalue weighted by Crippen LogP contribution is 2.36. The normalized spacial score (nSPS) is 12.5. The van der Waals surface area contributed by atoms with Crippen LogP contribution in [0.25, 0.3) is 34.2 Å². The van der Waals surface area contributed by atoms with Crippen LogP contribution in [0.4, 0.5) is 0 Å². The van der Waals surface area contributed by atoms with E-state index in [1.807, 2.05) is 12.1 Å². The molecule has 1 heteroatoms. The lowest BCUT2D eigenvalue weighted by atomic mass is 10.0. The summed E-state index contributed by atoms with van der Waals surface area (Å²) in [5, 5.41) is 1.18. The fourth-order valence-corrected chi connectivity index (χ4v) is 3.62. The number of hydrogen-bond acceptors (Lipinski definition) is 1. The second kappa shape index (κ2) is 5.71. The third-order valence-electron chi connectivity index (χ3n) is 4.88. The summed E-state index contributed by atoms with van der Waals surface area (Å²) < 4.78 is 0. The van der Waals surface area contributed by atoms with Crippen LogP contribution in [0.1, 0.15) is 22.4 Å². The molecule has 1 heterocycles. The molecule has 4 aromatic rings. The number of para-hydroxylation sites is 1. The highest BCUT2D eigenvalue weighted by Gasteiger charge is 2.17. The molecule has 1 nitrogen and oxygen atoms in total. The third kappa shape index (κ3) is 2.54. The molecule has 118 valence electrons. The molecule has 0 N–H and O–H groups in total. The third-order valence-corrected chi connectivity index (χ3v) is 4.88. The molecular weight excluding hydrogens is 302 g/mol. The van der Waals surface area contributed by atoms with Crippen molar-refractivity contribution in [3.63, 3.8) is 0 Å². The van der Waals surface area contributed by atoms with Gasteiger partial charge >= 0.3 is 0 Å². The number of nitrogens with zero attached hydrogens (tertiary/aromatic N) is 1. The maximum absolute atomic E-state index is 4.71. The van der Waals surface area contributed by atoms with Gasteiger partial charge in [0.2, 0.25) is 0 Å². The maximum Gasteiger partial charge on any atom is 0.0709 e. The Labute approximate surface area is 147 Å².